The molecule has 2 rings (SSSR count). The molecule has 0 unspecified atom stereocenters. The van der Waals surface area contributed by atoms with Gasteiger partial charge in [-0.15, -0.1) is 0 Å². The van der Waals surface area contributed by atoms with Crippen LogP contribution < -0.4 is 0 Å². The molecule has 0 spiro atoms. The number of ketones is 1. The summed E-state index contributed by atoms with van der Waals surface area (Å²) in [6.45, 7) is 4.40. The van der Waals surface area contributed by atoms with Crippen LogP contribution >= 0.6 is 0 Å². The van der Waals surface area contributed by atoms with Gasteiger partial charge >= 0.3 is 5.97 Å². The first-order valence-electron chi connectivity index (χ1n) is 6.82. The van der Waals surface area contributed by atoms with Crippen molar-refractivity contribution in [2.75, 3.05) is 6.61 Å². The zero-order valence-electron chi connectivity index (χ0n) is 12.9. The Balaban J connectivity index is 2.08. The van der Waals surface area contributed by atoms with Crippen LogP contribution in [0.5, 0.6) is 0 Å². The molecular weight excluding hydrogens is 302 g/mol. The molecule has 120 valence electrons. The molecular formula is C16H15NO6. The van der Waals surface area contributed by atoms with Crippen LogP contribution in [0.4, 0.5) is 5.69 Å². The Labute approximate surface area is 132 Å². The number of carbonyl (C=O) groups excluding carboxylic acids is 2. The summed E-state index contributed by atoms with van der Waals surface area (Å²) in [7, 11) is 0. The Morgan fingerprint density at radius 3 is 2.48 bits per heavy atom. The van der Waals surface area contributed by atoms with Gasteiger partial charge in [-0.2, -0.15) is 0 Å². The number of nitro benzene ring substituents is 1. The highest BCUT2D eigenvalue weighted by Crippen LogP contribution is 2.20. The topological polar surface area (TPSA) is 99.7 Å². The number of Topliss-reactive ketones (excluding diaryl/α,β-unsaturated/α-hetero) is 1. The number of furan rings is 1. The van der Waals surface area contributed by atoms with E-state index < -0.39 is 23.3 Å². The highest BCUT2D eigenvalue weighted by Gasteiger charge is 2.19. The summed E-state index contributed by atoms with van der Waals surface area (Å²) in [5, 5.41) is 10.9. The molecule has 7 nitrogen and oxygen atoms in total. The summed E-state index contributed by atoms with van der Waals surface area (Å²) in [6, 6.07) is 5.65. The number of ether oxygens (including phenoxy) is 1. The number of hydrogen-bond acceptors (Lipinski definition) is 6. The van der Waals surface area contributed by atoms with Crippen molar-refractivity contribution in [1.82, 2.24) is 0 Å². The number of esters is 1. The number of nitro groups is 1. The molecule has 0 aliphatic carbocycles. The van der Waals surface area contributed by atoms with Crippen LogP contribution in [-0.2, 0) is 4.74 Å². The number of hydrogen-bond donors (Lipinski definition) is 0. The monoisotopic (exact) mass is 317 g/mol. The van der Waals surface area contributed by atoms with Gasteiger partial charge in [0.1, 0.15) is 17.1 Å². The van der Waals surface area contributed by atoms with Gasteiger partial charge in [-0.25, -0.2) is 4.79 Å². The van der Waals surface area contributed by atoms with Gasteiger partial charge in [-0.1, -0.05) is 12.1 Å². The van der Waals surface area contributed by atoms with E-state index in [0.717, 1.165) is 0 Å². The van der Waals surface area contributed by atoms with Crippen LogP contribution in [0.15, 0.2) is 28.7 Å². The summed E-state index contributed by atoms with van der Waals surface area (Å²) in [5.41, 5.74) is 0.678. The second-order valence-corrected chi connectivity index (χ2v) is 5.08. The van der Waals surface area contributed by atoms with Gasteiger partial charge in [-0.05, 0) is 26.8 Å². The van der Waals surface area contributed by atoms with Gasteiger partial charge in [0.15, 0.2) is 6.61 Å². The molecule has 7 heteroatoms. The van der Waals surface area contributed by atoms with Crippen LogP contribution in [0.25, 0.3) is 0 Å². The third kappa shape index (κ3) is 3.63. The van der Waals surface area contributed by atoms with E-state index in [1.165, 1.54) is 24.3 Å². The highest BCUT2D eigenvalue weighted by molar-refractivity contribution is 6.00. The van der Waals surface area contributed by atoms with Crippen molar-refractivity contribution in [3.8, 4) is 0 Å². The molecule has 0 amide bonds. The molecule has 0 atom stereocenters. The average Bonchev–Trinajstić information content (AvgIpc) is 2.83. The number of aryl methyl sites for hydroxylation is 3. The smallest absolute Gasteiger partial charge is 0.342 e. The largest absolute Gasteiger partial charge is 0.466 e. The van der Waals surface area contributed by atoms with Crippen molar-refractivity contribution in [1.29, 1.82) is 0 Å². The molecule has 0 saturated heterocycles. The summed E-state index contributed by atoms with van der Waals surface area (Å²) in [4.78, 5) is 34.3. The maximum Gasteiger partial charge on any atom is 0.342 e. The second-order valence-electron chi connectivity index (χ2n) is 5.08. The van der Waals surface area contributed by atoms with Crippen LogP contribution in [0.2, 0.25) is 0 Å². The first-order chi connectivity index (χ1) is 10.8. The fraction of sp³-hybridized carbons (Fsp3) is 0.250. The van der Waals surface area contributed by atoms with Crippen LogP contribution in [0, 0.1) is 30.9 Å². The summed E-state index contributed by atoms with van der Waals surface area (Å²) in [5.74, 6) is -0.213. The molecule has 23 heavy (non-hydrogen) atoms. The van der Waals surface area contributed by atoms with Crippen molar-refractivity contribution >= 4 is 17.4 Å². The third-order valence-electron chi connectivity index (χ3n) is 3.32. The highest BCUT2D eigenvalue weighted by atomic mass is 16.6. The van der Waals surface area contributed by atoms with Gasteiger partial charge in [0.2, 0.25) is 5.78 Å². The Hall–Kier alpha value is -2.96. The van der Waals surface area contributed by atoms with E-state index >= 15 is 0 Å². The first-order valence-corrected chi connectivity index (χ1v) is 6.82. The lowest BCUT2D eigenvalue weighted by Crippen LogP contribution is -2.14. The summed E-state index contributed by atoms with van der Waals surface area (Å²) >= 11 is 0. The van der Waals surface area contributed by atoms with Crippen molar-refractivity contribution in [3.63, 3.8) is 0 Å². The lowest BCUT2D eigenvalue weighted by molar-refractivity contribution is -0.385. The second kappa shape index (κ2) is 6.43. The Morgan fingerprint density at radius 1 is 1.22 bits per heavy atom. The van der Waals surface area contributed by atoms with Crippen molar-refractivity contribution in [2.24, 2.45) is 0 Å². The quantitative estimate of drug-likeness (QED) is 0.363. The van der Waals surface area contributed by atoms with Gasteiger partial charge in [0, 0.05) is 17.2 Å². The molecule has 0 fully saturated rings. The van der Waals surface area contributed by atoms with Crippen molar-refractivity contribution < 1.29 is 23.7 Å². The van der Waals surface area contributed by atoms with Gasteiger partial charge in [0.05, 0.1) is 4.92 Å². The maximum absolute atomic E-state index is 12.0. The fourth-order valence-electron chi connectivity index (χ4n) is 2.11. The van der Waals surface area contributed by atoms with E-state index in [4.69, 9.17) is 9.15 Å². The molecule has 2 aromatic rings. The Kier molecular flexibility index (Phi) is 4.59. The van der Waals surface area contributed by atoms with Crippen molar-refractivity contribution in [2.45, 2.75) is 20.8 Å². The van der Waals surface area contributed by atoms with Crippen LogP contribution in [0.1, 0.15) is 37.8 Å². The fourth-order valence-corrected chi connectivity index (χ4v) is 2.11. The third-order valence-corrected chi connectivity index (χ3v) is 3.32. The zero-order valence-corrected chi connectivity index (χ0v) is 12.9. The SMILES string of the molecule is Cc1cc(C(=O)OCC(=O)c2ccc(C)c([N+](=O)[O-])c2)c(C)o1. The molecule has 1 heterocycles. The normalized spacial score (nSPS) is 10.4. The lowest BCUT2D eigenvalue weighted by atomic mass is 10.1. The van der Waals surface area contributed by atoms with Gasteiger partial charge in [0.25, 0.3) is 5.69 Å². The lowest BCUT2D eigenvalue weighted by Gasteiger charge is -2.04. The number of rotatable bonds is 5. The minimum atomic E-state index is -0.672. The number of nitrogens with zero attached hydrogens (tertiary/aromatic N) is 1. The molecule has 0 radical (unpaired) electrons. The molecule has 0 N–H and O–H groups in total. The van der Waals surface area contributed by atoms with Gasteiger partial charge in [-0.3, -0.25) is 14.9 Å². The number of benzene rings is 1. The molecule has 0 saturated carbocycles. The number of carbonyl (C=O) groups is 2. The zero-order chi connectivity index (χ0) is 17.1. The van der Waals surface area contributed by atoms with E-state index in [1.807, 2.05) is 0 Å². The van der Waals surface area contributed by atoms with E-state index in [1.54, 1.807) is 20.8 Å². The average molecular weight is 317 g/mol. The first kappa shape index (κ1) is 16.4. The minimum absolute atomic E-state index is 0.121. The predicted molar refractivity (Wildman–Crippen MR) is 80.6 cm³/mol. The molecule has 0 aliphatic heterocycles. The van der Waals surface area contributed by atoms with Crippen molar-refractivity contribution in [3.05, 3.63) is 62.6 Å². The molecule has 0 aliphatic rings. The summed E-state index contributed by atoms with van der Waals surface area (Å²) in [6.07, 6.45) is 0. The molecule has 1 aromatic heterocycles. The standard InChI is InChI=1S/C16H15NO6/c1-9-4-5-12(7-14(9)17(20)21)15(18)8-22-16(19)13-6-10(2)23-11(13)3/h4-7H,8H2,1-3H3. The predicted octanol–water partition coefficient (Wildman–Crippen LogP) is 3.15. The molecule has 0 bridgehead atoms. The van der Waals surface area contributed by atoms with E-state index in [-0.39, 0.29) is 16.8 Å². The van der Waals surface area contributed by atoms with Crippen LogP contribution in [-0.4, -0.2) is 23.3 Å². The van der Waals surface area contributed by atoms with Crippen LogP contribution in [0.3, 0.4) is 0 Å². The summed E-state index contributed by atoms with van der Waals surface area (Å²) < 4.78 is 10.2. The van der Waals surface area contributed by atoms with Gasteiger partial charge < -0.3 is 9.15 Å². The van der Waals surface area contributed by atoms with E-state index in [9.17, 15) is 19.7 Å². The Morgan fingerprint density at radius 2 is 1.91 bits per heavy atom. The Bertz CT molecular complexity index is 790. The van der Waals surface area contributed by atoms with E-state index in [0.29, 0.717) is 17.1 Å². The minimum Gasteiger partial charge on any atom is -0.466 e. The maximum atomic E-state index is 12.0. The van der Waals surface area contributed by atoms with E-state index in [2.05, 4.69) is 0 Å². The molecule has 1 aromatic carbocycles.